The first-order chi connectivity index (χ1) is 13.9. The number of aromatic hydroxyl groups is 1. The maximum absolute atomic E-state index is 12.0. The molecule has 2 N–H and O–H groups in total. The fraction of sp³-hybridized carbons (Fsp3) is 0.375. The van der Waals surface area contributed by atoms with Crippen molar-refractivity contribution in [1.82, 2.24) is 9.88 Å². The highest BCUT2D eigenvalue weighted by atomic mass is 16.5. The smallest absolute Gasteiger partial charge is 0.121 e. The summed E-state index contributed by atoms with van der Waals surface area (Å²) in [6.45, 7) is 1.50. The number of β-amino-alcohol motifs (C(OH)–C–C–N with tert-alkyl or cyclic N) is 1. The summed E-state index contributed by atoms with van der Waals surface area (Å²) < 4.78 is 5.37. The minimum absolute atomic E-state index is 0.236. The molecule has 0 spiro atoms. The van der Waals surface area contributed by atoms with E-state index >= 15 is 0 Å². The number of ether oxygens (including phenoxy) is 1. The van der Waals surface area contributed by atoms with E-state index in [1.54, 1.807) is 13.2 Å². The van der Waals surface area contributed by atoms with Crippen LogP contribution in [-0.4, -0.2) is 52.9 Å². The van der Waals surface area contributed by atoms with E-state index in [1.165, 1.54) is 0 Å². The number of phenols is 1. The van der Waals surface area contributed by atoms with Crippen molar-refractivity contribution in [2.75, 3.05) is 27.2 Å². The molecule has 0 amide bonds. The fourth-order valence-corrected chi connectivity index (χ4v) is 5.35. The Morgan fingerprint density at radius 2 is 1.97 bits per heavy atom. The Morgan fingerprint density at radius 1 is 1.10 bits per heavy atom. The molecule has 3 aromatic rings. The molecule has 5 rings (SSSR count). The molecule has 5 nitrogen and oxygen atoms in total. The lowest BCUT2D eigenvalue weighted by Gasteiger charge is -2.56. The van der Waals surface area contributed by atoms with Crippen LogP contribution in [0.2, 0.25) is 0 Å². The van der Waals surface area contributed by atoms with E-state index in [1.807, 2.05) is 36.4 Å². The Labute approximate surface area is 170 Å². The lowest BCUT2D eigenvalue weighted by Crippen LogP contribution is -2.66. The Bertz CT molecular complexity index is 1100. The van der Waals surface area contributed by atoms with Gasteiger partial charge in [-0.25, -0.2) is 0 Å². The highest BCUT2D eigenvalue weighted by Gasteiger charge is 2.56. The van der Waals surface area contributed by atoms with Crippen LogP contribution in [0.3, 0.4) is 0 Å². The number of aliphatic hydroxyl groups is 1. The molecule has 1 fully saturated rings. The van der Waals surface area contributed by atoms with Gasteiger partial charge in [-0.05, 0) is 61.5 Å². The molecule has 1 aromatic heterocycles. The van der Waals surface area contributed by atoms with E-state index in [0.717, 1.165) is 46.4 Å². The molecule has 0 radical (unpaired) electrons. The van der Waals surface area contributed by atoms with Gasteiger partial charge in [-0.2, -0.15) is 0 Å². The maximum atomic E-state index is 12.0. The summed E-state index contributed by atoms with van der Waals surface area (Å²) in [6, 6.07) is 15.5. The average Bonchev–Trinajstić information content (AvgIpc) is 2.70. The van der Waals surface area contributed by atoms with E-state index in [-0.39, 0.29) is 5.75 Å². The predicted molar refractivity (Wildman–Crippen MR) is 113 cm³/mol. The second-order valence-electron chi connectivity index (χ2n) is 8.66. The van der Waals surface area contributed by atoms with E-state index in [9.17, 15) is 10.2 Å². The molecule has 2 aliphatic rings. The van der Waals surface area contributed by atoms with Crippen molar-refractivity contribution < 1.29 is 14.9 Å². The van der Waals surface area contributed by atoms with Crippen LogP contribution < -0.4 is 4.74 Å². The third-order valence-electron chi connectivity index (χ3n) is 6.89. The van der Waals surface area contributed by atoms with Crippen LogP contribution in [-0.2, 0) is 18.3 Å². The summed E-state index contributed by atoms with van der Waals surface area (Å²) in [5.74, 6) is 1.03. The molecule has 5 heteroatoms. The quantitative estimate of drug-likeness (QED) is 0.704. The number of phenolic OH excluding ortho intramolecular Hbond substituents is 1. The van der Waals surface area contributed by atoms with Crippen molar-refractivity contribution in [1.29, 1.82) is 0 Å². The Hall–Kier alpha value is -2.63. The number of pyridine rings is 1. The third-order valence-corrected chi connectivity index (χ3v) is 6.89. The van der Waals surface area contributed by atoms with Gasteiger partial charge in [0.2, 0.25) is 0 Å². The van der Waals surface area contributed by atoms with E-state index in [0.29, 0.717) is 19.4 Å². The van der Waals surface area contributed by atoms with Crippen LogP contribution in [0.4, 0.5) is 0 Å². The molecule has 2 heterocycles. The molecule has 2 aromatic carbocycles. The van der Waals surface area contributed by atoms with Gasteiger partial charge in [-0.3, -0.25) is 4.98 Å². The van der Waals surface area contributed by atoms with Gasteiger partial charge in [0.25, 0.3) is 0 Å². The van der Waals surface area contributed by atoms with Gasteiger partial charge in [0, 0.05) is 41.9 Å². The van der Waals surface area contributed by atoms with E-state index < -0.39 is 11.0 Å². The summed E-state index contributed by atoms with van der Waals surface area (Å²) in [6.07, 6.45) is 2.03. The van der Waals surface area contributed by atoms with Gasteiger partial charge in [0.1, 0.15) is 11.5 Å². The molecule has 1 saturated heterocycles. The summed E-state index contributed by atoms with van der Waals surface area (Å²) in [5.41, 5.74) is 2.66. The minimum Gasteiger partial charge on any atom is -0.508 e. The molecule has 1 aliphatic heterocycles. The first kappa shape index (κ1) is 18.4. The van der Waals surface area contributed by atoms with E-state index in [4.69, 9.17) is 9.72 Å². The average molecular weight is 390 g/mol. The number of rotatable bonds is 2. The number of methoxy groups -OCH3 is 1. The Morgan fingerprint density at radius 3 is 2.76 bits per heavy atom. The van der Waals surface area contributed by atoms with Gasteiger partial charge in [-0.15, -0.1) is 0 Å². The Balaban J connectivity index is 1.69. The van der Waals surface area contributed by atoms with Crippen molar-refractivity contribution in [3.63, 3.8) is 0 Å². The van der Waals surface area contributed by atoms with Crippen molar-refractivity contribution in [3.8, 4) is 11.5 Å². The SMILES string of the molecule is COc1ccc2cc3c(nc2c1)C[C@]1(c2cccc(O)c2)CCN(C)C[C@@]1(O)C3. The number of aromatic nitrogens is 1. The number of benzene rings is 2. The van der Waals surface area contributed by atoms with Crippen molar-refractivity contribution in [2.45, 2.75) is 30.3 Å². The topological polar surface area (TPSA) is 65.8 Å². The number of hydrogen-bond acceptors (Lipinski definition) is 5. The lowest BCUT2D eigenvalue weighted by atomic mass is 9.56. The zero-order valence-electron chi connectivity index (χ0n) is 16.9. The van der Waals surface area contributed by atoms with Gasteiger partial charge in [-0.1, -0.05) is 12.1 Å². The molecule has 1 aliphatic carbocycles. The first-order valence-electron chi connectivity index (χ1n) is 10.1. The maximum Gasteiger partial charge on any atom is 0.121 e. The second kappa shape index (κ2) is 6.44. The van der Waals surface area contributed by atoms with Crippen LogP contribution in [0.25, 0.3) is 10.9 Å². The second-order valence-corrected chi connectivity index (χ2v) is 8.66. The van der Waals surface area contributed by atoms with E-state index in [2.05, 4.69) is 18.0 Å². The highest BCUT2D eigenvalue weighted by molar-refractivity contribution is 5.81. The van der Waals surface area contributed by atoms with Gasteiger partial charge < -0.3 is 19.8 Å². The summed E-state index contributed by atoms with van der Waals surface area (Å²) in [7, 11) is 3.72. The van der Waals surface area contributed by atoms with Crippen LogP contribution in [0, 0.1) is 0 Å². The number of nitrogens with zero attached hydrogens (tertiary/aromatic N) is 2. The Kier molecular flexibility index (Phi) is 4.09. The molecule has 2 atom stereocenters. The zero-order valence-corrected chi connectivity index (χ0v) is 16.9. The van der Waals surface area contributed by atoms with Gasteiger partial charge in [0.05, 0.1) is 18.2 Å². The van der Waals surface area contributed by atoms with Crippen molar-refractivity contribution in [2.24, 2.45) is 0 Å². The third kappa shape index (κ3) is 2.80. The van der Waals surface area contributed by atoms with Gasteiger partial charge in [0.15, 0.2) is 0 Å². The largest absolute Gasteiger partial charge is 0.508 e. The van der Waals surface area contributed by atoms with Crippen molar-refractivity contribution in [3.05, 3.63) is 65.4 Å². The summed E-state index contributed by atoms with van der Waals surface area (Å²) >= 11 is 0. The van der Waals surface area contributed by atoms with Crippen LogP contribution in [0.5, 0.6) is 11.5 Å². The lowest BCUT2D eigenvalue weighted by molar-refractivity contribution is -0.0976. The number of likely N-dealkylation sites (tertiary alicyclic amines) is 1. The van der Waals surface area contributed by atoms with Gasteiger partial charge >= 0.3 is 0 Å². The van der Waals surface area contributed by atoms with Crippen LogP contribution >= 0.6 is 0 Å². The number of likely N-dealkylation sites (N-methyl/N-ethyl adjacent to an activating group) is 1. The summed E-state index contributed by atoms with van der Waals surface area (Å²) in [4.78, 5) is 7.19. The zero-order chi connectivity index (χ0) is 20.2. The first-order valence-corrected chi connectivity index (χ1v) is 10.1. The predicted octanol–water partition coefficient (Wildman–Crippen LogP) is 3.05. The molecule has 29 heavy (non-hydrogen) atoms. The molecular weight excluding hydrogens is 364 g/mol. The molecular formula is C24H26N2O3. The summed E-state index contributed by atoms with van der Waals surface area (Å²) in [5, 5.41) is 23.2. The number of hydrogen-bond donors (Lipinski definition) is 2. The normalized spacial score (nSPS) is 26.7. The molecule has 0 bridgehead atoms. The monoisotopic (exact) mass is 390 g/mol. The van der Waals surface area contributed by atoms with Crippen molar-refractivity contribution >= 4 is 10.9 Å². The standard InChI is InChI=1S/C24H26N2O3/c1-26-9-8-23(18-4-3-5-19(27)11-18)14-22-17(13-24(23,28)15-26)10-16-6-7-20(29-2)12-21(16)25-22/h3-7,10-12,27-28H,8-9,13-15H2,1-2H3/t23-,24-/m0/s1. The number of piperidine rings is 1. The minimum atomic E-state index is -0.914. The van der Waals surface area contributed by atoms with Crippen LogP contribution in [0.15, 0.2) is 48.5 Å². The van der Waals surface area contributed by atoms with Crippen LogP contribution in [0.1, 0.15) is 23.2 Å². The molecule has 0 unspecified atom stereocenters. The fourth-order valence-electron chi connectivity index (χ4n) is 5.35. The highest BCUT2D eigenvalue weighted by Crippen LogP contribution is 2.50. The molecule has 150 valence electrons. The number of fused-ring (bicyclic) bond motifs is 3. The molecule has 0 saturated carbocycles.